The Bertz CT molecular complexity index is 519. The second kappa shape index (κ2) is 6.47. The van der Waals surface area contributed by atoms with Gasteiger partial charge in [-0.2, -0.15) is 0 Å². The van der Waals surface area contributed by atoms with Crippen LogP contribution in [-0.2, 0) is 6.54 Å². The first-order chi connectivity index (χ1) is 8.79. The van der Waals surface area contributed by atoms with Gasteiger partial charge in [-0.15, -0.1) is 0 Å². The lowest BCUT2D eigenvalue weighted by Gasteiger charge is -2.07. The van der Waals surface area contributed by atoms with Crippen molar-refractivity contribution in [1.82, 2.24) is 15.3 Å². The Labute approximate surface area is 115 Å². The van der Waals surface area contributed by atoms with Crippen molar-refractivity contribution < 1.29 is 4.74 Å². The van der Waals surface area contributed by atoms with Crippen molar-refractivity contribution in [2.75, 3.05) is 6.54 Å². The van der Waals surface area contributed by atoms with Gasteiger partial charge in [-0.05, 0) is 34.6 Å². The highest BCUT2D eigenvalue weighted by Crippen LogP contribution is 2.27. The monoisotopic (exact) mass is 307 g/mol. The van der Waals surface area contributed by atoms with Crippen molar-refractivity contribution in [3.63, 3.8) is 0 Å². The highest BCUT2D eigenvalue weighted by molar-refractivity contribution is 9.10. The quantitative estimate of drug-likeness (QED) is 0.922. The molecule has 2 rings (SSSR count). The van der Waals surface area contributed by atoms with Gasteiger partial charge >= 0.3 is 0 Å². The molecular weight excluding hydrogens is 294 g/mol. The lowest BCUT2D eigenvalue weighted by atomic mass is 10.3. The fourth-order valence-corrected chi connectivity index (χ4v) is 1.78. The van der Waals surface area contributed by atoms with Gasteiger partial charge < -0.3 is 10.1 Å². The molecule has 1 aromatic heterocycles. The lowest BCUT2D eigenvalue weighted by molar-refractivity contribution is 0.454. The molecule has 0 amide bonds. The summed E-state index contributed by atoms with van der Waals surface area (Å²) in [5.41, 5.74) is 0.862. The average Bonchev–Trinajstić information content (AvgIpc) is 2.40. The van der Waals surface area contributed by atoms with Crippen LogP contribution < -0.4 is 10.1 Å². The second-order valence-corrected chi connectivity index (χ2v) is 4.52. The van der Waals surface area contributed by atoms with E-state index in [9.17, 15) is 0 Å². The zero-order chi connectivity index (χ0) is 12.8. The van der Waals surface area contributed by atoms with Crippen LogP contribution in [0.25, 0.3) is 0 Å². The van der Waals surface area contributed by atoms with Gasteiger partial charge in [-0.3, -0.25) is 4.98 Å². The van der Waals surface area contributed by atoms with Crippen molar-refractivity contribution in [2.24, 2.45) is 0 Å². The summed E-state index contributed by atoms with van der Waals surface area (Å²) >= 11 is 3.43. The van der Waals surface area contributed by atoms with Crippen molar-refractivity contribution in [1.29, 1.82) is 0 Å². The molecule has 0 radical (unpaired) electrons. The molecule has 0 saturated carbocycles. The van der Waals surface area contributed by atoms with E-state index in [0.29, 0.717) is 12.4 Å². The predicted octanol–water partition coefficient (Wildman–Crippen LogP) is 3.14. The van der Waals surface area contributed by atoms with Gasteiger partial charge in [0.15, 0.2) is 0 Å². The van der Waals surface area contributed by atoms with Crippen molar-refractivity contribution >= 4 is 15.9 Å². The standard InChI is InChI=1S/C13H14BrN3O/c1-2-15-7-10-8-16-9-13(17-10)18-12-6-4-3-5-11(12)14/h3-6,8-9,15H,2,7H2,1H3. The molecule has 0 aliphatic heterocycles. The Hall–Kier alpha value is -1.46. The van der Waals surface area contributed by atoms with E-state index in [0.717, 1.165) is 22.5 Å². The molecule has 0 bridgehead atoms. The summed E-state index contributed by atoms with van der Waals surface area (Å²) in [4.78, 5) is 8.50. The van der Waals surface area contributed by atoms with Crippen LogP contribution in [-0.4, -0.2) is 16.5 Å². The Morgan fingerprint density at radius 3 is 2.89 bits per heavy atom. The van der Waals surface area contributed by atoms with Gasteiger partial charge in [0.1, 0.15) is 5.75 Å². The molecule has 0 aliphatic rings. The number of aromatic nitrogens is 2. The third-order valence-electron chi connectivity index (χ3n) is 2.27. The molecule has 0 saturated heterocycles. The molecule has 0 aliphatic carbocycles. The first-order valence-electron chi connectivity index (χ1n) is 5.73. The molecule has 1 aromatic carbocycles. The SMILES string of the molecule is CCNCc1cncc(Oc2ccccc2Br)n1. The Morgan fingerprint density at radius 2 is 2.11 bits per heavy atom. The van der Waals surface area contributed by atoms with Gasteiger partial charge in [0, 0.05) is 12.7 Å². The van der Waals surface area contributed by atoms with E-state index in [4.69, 9.17) is 4.74 Å². The number of rotatable bonds is 5. The molecule has 1 heterocycles. The third kappa shape index (κ3) is 3.51. The maximum Gasteiger partial charge on any atom is 0.238 e. The number of hydrogen-bond donors (Lipinski definition) is 1. The minimum Gasteiger partial charge on any atom is -0.436 e. The summed E-state index contributed by atoms with van der Waals surface area (Å²) in [6.07, 6.45) is 3.34. The predicted molar refractivity (Wildman–Crippen MR) is 73.6 cm³/mol. The molecule has 18 heavy (non-hydrogen) atoms. The number of nitrogens with one attached hydrogen (secondary N) is 1. The van der Waals surface area contributed by atoms with E-state index in [1.807, 2.05) is 24.3 Å². The Kier molecular flexibility index (Phi) is 4.66. The summed E-state index contributed by atoms with van der Waals surface area (Å²) in [5.74, 6) is 1.23. The molecule has 94 valence electrons. The largest absolute Gasteiger partial charge is 0.436 e. The van der Waals surface area contributed by atoms with E-state index in [1.165, 1.54) is 0 Å². The lowest BCUT2D eigenvalue weighted by Crippen LogP contribution is -2.13. The van der Waals surface area contributed by atoms with E-state index in [-0.39, 0.29) is 0 Å². The van der Waals surface area contributed by atoms with Crippen LogP contribution in [0.5, 0.6) is 11.6 Å². The fraction of sp³-hybridized carbons (Fsp3) is 0.231. The first kappa shape index (κ1) is 13.0. The molecule has 0 fully saturated rings. The summed E-state index contributed by atoms with van der Waals surface area (Å²) in [5, 5.41) is 3.20. The molecule has 1 N–H and O–H groups in total. The van der Waals surface area contributed by atoms with E-state index in [1.54, 1.807) is 12.4 Å². The summed E-state index contributed by atoms with van der Waals surface area (Å²) in [6.45, 7) is 3.64. The zero-order valence-electron chi connectivity index (χ0n) is 10.1. The number of ether oxygens (including phenoxy) is 1. The van der Waals surface area contributed by atoms with E-state index >= 15 is 0 Å². The van der Waals surface area contributed by atoms with Gasteiger partial charge in [0.25, 0.3) is 0 Å². The minimum atomic E-state index is 0.498. The summed E-state index contributed by atoms with van der Waals surface area (Å²) in [6, 6.07) is 7.65. The van der Waals surface area contributed by atoms with Crippen molar-refractivity contribution in [3.8, 4) is 11.6 Å². The maximum absolute atomic E-state index is 5.68. The normalized spacial score (nSPS) is 10.3. The number of para-hydroxylation sites is 1. The van der Waals surface area contributed by atoms with E-state index in [2.05, 4.69) is 38.1 Å². The molecule has 5 heteroatoms. The van der Waals surface area contributed by atoms with Gasteiger partial charge in [0.2, 0.25) is 5.88 Å². The molecule has 2 aromatic rings. The van der Waals surface area contributed by atoms with Crippen LogP contribution in [0.1, 0.15) is 12.6 Å². The zero-order valence-corrected chi connectivity index (χ0v) is 11.6. The van der Waals surface area contributed by atoms with Gasteiger partial charge in [-0.1, -0.05) is 19.1 Å². The highest BCUT2D eigenvalue weighted by atomic mass is 79.9. The van der Waals surface area contributed by atoms with Gasteiger partial charge in [-0.25, -0.2) is 4.98 Å². The van der Waals surface area contributed by atoms with Crippen molar-refractivity contribution in [2.45, 2.75) is 13.5 Å². The Balaban J connectivity index is 2.12. The first-order valence-corrected chi connectivity index (χ1v) is 6.53. The molecule has 4 nitrogen and oxygen atoms in total. The molecule has 0 spiro atoms. The number of nitrogens with zero attached hydrogens (tertiary/aromatic N) is 2. The summed E-state index contributed by atoms with van der Waals surface area (Å²) < 4.78 is 6.57. The fourth-order valence-electron chi connectivity index (χ4n) is 1.41. The number of benzene rings is 1. The third-order valence-corrected chi connectivity index (χ3v) is 2.92. The minimum absolute atomic E-state index is 0.498. The highest BCUT2D eigenvalue weighted by Gasteiger charge is 2.04. The topological polar surface area (TPSA) is 47.0 Å². The van der Waals surface area contributed by atoms with Gasteiger partial charge in [0.05, 0.1) is 16.4 Å². The maximum atomic E-state index is 5.68. The van der Waals surface area contributed by atoms with Crippen molar-refractivity contribution in [3.05, 3.63) is 46.8 Å². The van der Waals surface area contributed by atoms with E-state index < -0.39 is 0 Å². The van der Waals surface area contributed by atoms with Crippen LogP contribution >= 0.6 is 15.9 Å². The smallest absolute Gasteiger partial charge is 0.238 e. The van der Waals surface area contributed by atoms with Crippen LogP contribution in [0.2, 0.25) is 0 Å². The second-order valence-electron chi connectivity index (χ2n) is 3.66. The Morgan fingerprint density at radius 1 is 1.28 bits per heavy atom. The number of halogens is 1. The van der Waals surface area contributed by atoms with Crippen LogP contribution in [0, 0.1) is 0 Å². The molecule has 0 unspecified atom stereocenters. The molecule has 0 atom stereocenters. The number of hydrogen-bond acceptors (Lipinski definition) is 4. The van der Waals surface area contributed by atoms with Crippen LogP contribution in [0.15, 0.2) is 41.1 Å². The molecular formula is C13H14BrN3O. The summed E-state index contributed by atoms with van der Waals surface area (Å²) in [7, 11) is 0. The van der Waals surface area contributed by atoms with Crippen LogP contribution in [0.4, 0.5) is 0 Å². The van der Waals surface area contributed by atoms with Crippen LogP contribution in [0.3, 0.4) is 0 Å². The average molecular weight is 308 g/mol.